The molecular weight excluding hydrogens is 400 g/mol. The fourth-order valence-corrected chi connectivity index (χ4v) is 4.74. The molecule has 30 heavy (non-hydrogen) atoms. The van der Waals surface area contributed by atoms with Crippen LogP contribution in [0, 0.1) is 6.92 Å². The van der Waals surface area contributed by atoms with Crippen LogP contribution in [0.2, 0.25) is 0 Å². The molecule has 3 heterocycles. The SMILES string of the molecule is Cc1c(C(=O)O)sc2nc(N)c(=O)n(-c3ccc4ccn(-c5ccccc5)c4c3)c12. The van der Waals surface area contributed by atoms with Crippen molar-refractivity contribution in [2.45, 2.75) is 6.92 Å². The zero-order valence-electron chi connectivity index (χ0n) is 15.9. The molecule has 2 aromatic carbocycles. The molecule has 0 aliphatic heterocycles. The van der Waals surface area contributed by atoms with E-state index >= 15 is 0 Å². The van der Waals surface area contributed by atoms with E-state index in [1.54, 1.807) is 6.92 Å². The molecule has 0 spiro atoms. The number of carbonyl (C=O) groups is 1. The van der Waals surface area contributed by atoms with Crippen LogP contribution in [-0.4, -0.2) is 25.2 Å². The molecule has 0 amide bonds. The minimum atomic E-state index is -1.05. The highest BCUT2D eigenvalue weighted by atomic mass is 32.1. The van der Waals surface area contributed by atoms with E-state index in [1.807, 2.05) is 65.4 Å². The summed E-state index contributed by atoms with van der Waals surface area (Å²) in [5.74, 6) is -1.22. The molecule has 5 aromatic rings. The maximum absolute atomic E-state index is 13.0. The number of nitrogens with zero attached hydrogens (tertiary/aromatic N) is 3. The van der Waals surface area contributed by atoms with E-state index in [2.05, 4.69) is 4.98 Å². The van der Waals surface area contributed by atoms with Crippen molar-refractivity contribution < 1.29 is 9.90 Å². The highest BCUT2D eigenvalue weighted by Crippen LogP contribution is 2.31. The number of anilines is 1. The molecule has 0 aliphatic rings. The van der Waals surface area contributed by atoms with E-state index in [9.17, 15) is 14.7 Å². The van der Waals surface area contributed by atoms with Gasteiger partial charge in [-0.05, 0) is 37.3 Å². The van der Waals surface area contributed by atoms with Gasteiger partial charge >= 0.3 is 5.97 Å². The van der Waals surface area contributed by atoms with E-state index in [-0.39, 0.29) is 10.7 Å². The van der Waals surface area contributed by atoms with Crippen molar-refractivity contribution in [1.82, 2.24) is 14.1 Å². The molecule has 0 saturated carbocycles. The minimum Gasteiger partial charge on any atom is -0.477 e. The van der Waals surface area contributed by atoms with Crippen LogP contribution in [0.25, 0.3) is 32.6 Å². The van der Waals surface area contributed by atoms with Crippen molar-refractivity contribution in [3.8, 4) is 11.4 Å². The summed E-state index contributed by atoms with van der Waals surface area (Å²) in [5, 5.41) is 10.5. The molecule has 0 fully saturated rings. The van der Waals surface area contributed by atoms with Crippen LogP contribution in [0.15, 0.2) is 65.6 Å². The number of thiophene rings is 1. The molecule has 7 nitrogen and oxygen atoms in total. The summed E-state index contributed by atoms with van der Waals surface area (Å²) in [6.07, 6.45) is 1.97. The van der Waals surface area contributed by atoms with Crippen LogP contribution in [0.4, 0.5) is 5.82 Å². The summed E-state index contributed by atoms with van der Waals surface area (Å²) in [5.41, 5.74) is 8.88. The minimum absolute atomic E-state index is 0.144. The standard InChI is InChI=1S/C22H16N4O3S/c1-12-17-20(30-18(12)22(28)29)24-19(23)21(27)26(17)15-8-7-13-9-10-25(16(13)11-15)14-5-3-2-4-6-14/h2-11H,1H3,(H2,23,24)(H,28,29). The predicted molar refractivity (Wildman–Crippen MR) is 118 cm³/mol. The Balaban J connectivity index is 1.83. The number of hydrogen-bond acceptors (Lipinski definition) is 5. The van der Waals surface area contributed by atoms with Gasteiger partial charge in [0.1, 0.15) is 9.71 Å². The Morgan fingerprint density at radius 3 is 2.60 bits per heavy atom. The lowest BCUT2D eigenvalue weighted by molar-refractivity contribution is 0.0701. The highest BCUT2D eigenvalue weighted by molar-refractivity contribution is 7.20. The van der Waals surface area contributed by atoms with Crippen LogP contribution in [-0.2, 0) is 0 Å². The first-order valence-electron chi connectivity index (χ1n) is 9.17. The van der Waals surface area contributed by atoms with Gasteiger partial charge in [0.15, 0.2) is 5.82 Å². The first kappa shape index (κ1) is 18.1. The number of rotatable bonds is 3. The smallest absolute Gasteiger partial charge is 0.346 e. The van der Waals surface area contributed by atoms with Crippen molar-refractivity contribution in [1.29, 1.82) is 0 Å². The number of fused-ring (bicyclic) bond motifs is 2. The molecule has 0 saturated heterocycles. The fourth-order valence-electron chi connectivity index (χ4n) is 3.72. The van der Waals surface area contributed by atoms with E-state index in [0.717, 1.165) is 27.9 Å². The lowest BCUT2D eigenvalue weighted by atomic mass is 10.2. The quantitative estimate of drug-likeness (QED) is 0.463. The third kappa shape index (κ3) is 2.61. The summed E-state index contributed by atoms with van der Waals surface area (Å²) in [4.78, 5) is 29.3. The number of nitrogen functional groups attached to an aromatic ring is 1. The highest BCUT2D eigenvalue weighted by Gasteiger charge is 2.21. The normalized spacial score (nSPS) is 11.4. The fraction of sp³-hybridized carbons (Fsp3) is 0.0455. The lowest BCUT2D eigenvalue weighted by Crippen LogP contribution is -2.23. The predicted octanol–water partition coefficient (Wildman–Crippen LogP) is 3.98. The number of benzene rings is 2. The molecule has 0 unspecified atom stereocenters. The van der Waals surface area contributed by atoms with E-state index in [1.165, 1.54) is 4.57 Å². The maximum Gasteiger partial charge on any atom is 0.346 e. The van der Waals surface area contributed by atoms with Gasteiger partial charge in [-0.15, -0.1) is 11.3 Å². The molecule has 5 rings (SSSR count). The van der Waals surface area contributed by atoms with Crippen molar-refractivity contribution in [2.75, 3.05) is 5.73 Å². The van der Waals surface area contributed by atoms with Crippen LogP contribution < -0.4 is 11.3 Å². The number of carboxylic acid groups (broad SMARTS) is 1. The number of aromatic carboxylic acids is 1. The van der Waals surface area contributed by atoms with Gasteiger partial charge in [0.2, 0.25) is 0 Å². The Hall–Kier alpha value is -3.91. The summed E-state index contributed by atoms with van der Waals surface area (Å²) in [6, 6.07) is 17.6. The number of hydrogen-bond donors (Lipinski definition) is 2. The van der Waals surface area contributed by atoms with Crippen molar-refractivity contribution in [3.05, 3.63) is 81.6 Å². The second-order valence-electron chi connectivity index (χ2n) is 6.92. The van der Waals surface area contributed by atoms with Gasteiger partial charge in [-0.1, -0.05) is 24.3 Å². The Morgan fingerprint density at radius 2 is 1.87 bits per heavy atom. The third-order valence-electron chi connectivity index (χ3n) is 5.13. The van der Waals surface area contributed by atoms with E-state index in [4.69, 9.17) is 5.73 Å². The third-order valence-corrected chi connectivity index (χ3v) is 6.29. The Bertz CT molecular complexity index is 1510. The second-order valence-corrected chi connectivity index (χ2v) is 7.92. The summed E-state index contributed by atoms with van der Waals surface area (Å²) in [6.45, 7) is 1.68. The van der Waals surface area contributed by atoms with E-state index in [0.29, 0.717) is 21.6 Å². The van der Waals surface area contributed by atoms with Gasteiger partial charge in [-0.2, -0.15) is 0 Å². The summed E-state index contributed by atoms with van der Waals surface area (Å²) >= 11 is 1.01. The monoisotopic (exact) mass is 416 g/mol. The van der Waals surface area contributed by atoms with Crippen LogP contribution in [0.5, 0.6) is 0 Å². The number of carboxylic acids is 1. The number of para-hydroxylation sites is 1. The summed E-state index contributed by atoms with van der Waals surface area (Å²) < 4.78 is 3.49. The van der Waals surface area contributed by atoms with Gasteiger partial charge in [0.05, 0.1) is 16.7 Å². The van der Waals surface area contributed by atoms with Gasteiger partial charge in [-0.25, -0.2) is 9.78 Å². The van der Waals surface area contributed by atoms with Crippen LogP contribution in [0.3, 0.4) is 0 Å². The molecular formula is C22H16N4O3S. The number of nitrogens with two attached hydrogens (primary N) is 1. The van der Waals surface area contributed by atoms with Gasteiger partial charge in [-0.3, -0.25) is 9.36 Å². The van der Waals surface area contributed by atoms with E-state index < -0.39 is 11.5 Å². The van der Waals surface area contributed by atoms with Gasteiger partial charge in [0, 0.05) is 22.8 Å². The second kappa shape index (κ2) is 6.57. The molecule has 0 bridgehead atoms. The molecule has 0 radical (unpaired) electrons. The molecule has 3 aromatic heterocycles. The molecule has 0 aliphatic carbocycles. The van der Waals surface area contributed by atoms with Crippen LogP contribution >= 0.6 is 11.3 Å². The zero-order valence-corrected chi connectivity index (χ0v) is 16.7. The lowest BCUT2D eigenvalue weighted by Gasteiger charge is -2.11. The maximum atomic E-state index is 13.0. The average molecular weight is 416 g/mol. The first-order chi connectivity index (χ1) is 14.5. The molecule has 8 heteroatoms. The summed E-state index contributed by atoms with van der Waals surface area (Å²) in [7, 11) is 0. The molecule has 0 atom stereocenters. The van der Waals surface area contributed by atoms with Crippen molar-refractivity contribution in [3.63, 3.8) is 0 Å². The Labute approximate surface area is 174 Å². The average Bonchev–Trinajstić information content (AvgIpc) is 3.30. The zero-order chi connectivity index (χ0) is 21.0. The largest absolute Gasteiger partial charge is 0.477 e. The van der Waals surface area contributed by atoms with Crippen LogP contribution in [0.1, 0.15) is 15.2 Å². The number of aryl methyl sites for hydroxylation is 1. The Morgan fingerprint density at radius 1 is 1.10 bits per heavy atom. The van der Waals surface area contributed by atoms with Crippen molar-refractivity contribution >= 4 is 44.4 Å². The number of aromatic nitrogens is 3. The topological polar surface area (TPSA) is 103 Å². The molecule has 148 valence electrons. The van der Waals surface area contributed by atoms with Crippen molar-refractivity contribution in [2.24, 2.45) is 0 Å². The van der Waals surface area contributed by atoms with Gasteiger partial charge in [0.25, 0.3) is 5.56 Å². The molecule has 3 N–H and O–H groups in total. The Kier molecular flexibility index (Phi) is 3.97. The first-order valence-corrected chi connectivity index (χ1v) is 9.99. The van der Waals surface area contributed by atoms with Gasteiger partial charge < -0.3 is 15.4 Å².